The fourth-order valence-corrected chi connectivity index (χ4v) is 3.12. The summed E-state index contributed by atoms with van der Waals surface area (Å²) in [7, 11) is 0. The van der Waals surface area contributed by atoms with Crippen LogP contribution in [-0.2, 0) is 4.79 Å². The van der Waals surface area contributed by atoms with E-state index in [9.17, 15) is 9.90 Å². The monoisotopic (exact) mass is 326 g/mol. The number of rotatable bonds is 8. The minimum Gasteiger partial charge on any atom is -0.396 e. The molecule has 1 amide bonds. The first kappa shape index (κ1) is 19.7. The summed E-state index contributed by atoms with van der Waals surface area (Å²) in [5.41, 5.74) is 5.21. The van der Waals surface area contributed by atoms with Gasteiger partial charge >= 0.3 is 0 Å². The molecule has 0 aliphatic carbocycles. The van der Waals surface area contributed by atoms with Gasteiger partial charge in [-0.05, 0) is 38.5 Å². The number of amides is 1. The van der Waals surface area contributed by atoms with Gasteiger partial charge in [-0.1, -0.05) is 13.8 Å². The number of guanidine groups is 1. The van der Waals surface area contributed by atoms with Crippen molar-refractivity contribution in [1.29, 1.82) is 0 Å². The van der Waals surface area contributed by atoms with E-state index < -0.39 is 0 Å². The summed E-state index contributed by atoms with van der Waals surface area (Å²) in [6, 6.07) is 0. The molecule has 1 saturated heterocycles. The molecular weight excluding hydrogens is 292 g/mol. The van der Waals surface area contributed by atoms with Gasteiger partial charge in [0.25, 0.3) is 0 Å². The first-order valence-corrected chi connectivity index (χ1v) is 8.92. The molecule has 1 aliphatic rings. The van der Waals surface area contributed by atoms with Crippen molar-refractivity contribution in [3.63, 3.8) is 0 Å². The second-order valence-electron chi connectivity index (χ2n) is 6.66. The molecule has 23 heavy (non-hydrogen) atoms. The summed E-state index contributed by atoms with van der Waals surface area (Å²) in [6.45, 7) is 9.62. The minimum absolute atomic E-state index is 0.136. The molecule has 6 heteroatoms. The highest BCUT2D eigenvalue weighted by atomic mass is 16.3. The number of hydrogen-bond acceptors (Lipinski definition) is 3. The zero-order valence-electron chi connectivity index (χ0n) is 15.0. The first-order valence-electron chi connectivity index (χ1n) is 8.92. The Labute approximate surface area is 140 Å². The average molecular weight is 326 g/mol. The molecule has 0 aromatic heterocycles. The number of aliphatic hydroxyl groups is 1. The predicted molar refractivity (Wildman–Crippen MR) is 94.2 cm³/mol. The Morgan fingerprint density at radius 2 is 2.09 bits per heavy atom. The van der Waals surface area contributed by atoms with Gasteiger partial charge in [0.1, 0.15) is 0 Å². The largest absolute Gasteiger partial charge is 0.396 e. The van der Waals surface area contributed by atoms with Crippen molar-refractivity contribution in [2.75, 3.05) is 32.8 Å². The van der Waals surface area contributed by atoms with Gasteiger partial charge in [-0.2, -0.15) is 0 Å². The molecule has 1 unspecified atom stereocenters. The summed E-state index contributed by atoms with van der Waals surface area (Å²) >= 11 is 0. The summed E-state index contributed by atoms with van der Waals surface area (Å²) in [5, 5.41) is 13.1. The lowest BCUT2D eigenvalue weighted by atomic mass is 9.83. The van der Waals surface area contributed by atoms with Gasteiger partial charge in [-0.3, -0.25) is 9.79 Å². The van der Waals surface area contributed by atoms with Gasteiger partial charge in [0.15, 0.2) is 5.96 Å². The van der Waals surface area contributed by atoms with Crippen LogP contribution >= 0.6 is 0 Å². The number of piperidine rings is 1. The van der Waals surface area contributed by atoms with Gasteiger partial charge in [0.2, 0.25) is 5.91 Å². The minimum atomic E-state index is -0.227. The quantitative estimate of drug-likeness (QED) is 0.464. The van der Waals surface area contributed by atoms with Gasteiger partial charge in [0, 0.05) is 31.5 Å². The molecule has 1 aliphatic heterocycles. The molecule has 1 fully saturated rings. The highest BCUT2D eigenvalue weighted by Crippen LogP contribution is 2.26. The maximum absolute atomic E-state index is 11.2. The third-order valence-electron chi connectivity index (χ3n) is 5.04. The lowest BCUT2D eigenvalue weighted by Crippen LogP contribution is -2.47. The molecule has 1 rings (SSSR count). The Kier molecular flexibility index (Phi) is 8.37. The highest BCUT2D eigenvalue weighted by Gasteiger charge is 2.27. The van der Waals surface area contributed by atoms with Crippen molar-refractivity contribution in [1.82, 2.24) is 10.2 Å². The van der Waals surface area contributed by atoms with Gasteiger partial charge in [-0.15, -0.1) is 0 Å². The zero-order valence-corrected chi connectivity index (χ0v) is 15.0. The Morgan fingerprint density at radius 3 is 2.61 bits per heavy atom. The van der Waals surface area contributed by atoms with E-state index in [1.807, 2.05) is 0 Å². The third kappa shape index (κ3) is 6.01. The third-order valence-corrected chi connectivity index (χ3v) is 5.04. The van der Waals surface area contributed by atoms with Crippen LogP contribution in [0, 0.1) is 11.3 Å². The molecule has 0 saturated carbocycles. The number of carbonyl (C=O) groups excluding carboxylic acids is 1. The zero-order chi connectivity index (χ0) is 17.3. The van der Waals surface area contributed by atoms with Crippen molar-refractivity contribution >= 4 is 11.9 Å². The number of nitrogens with two attached hydrogens (primary N) is 1. The van der Waals surface area contributed by atoms with Crippen molar-refractivity contribution in [3.05, 3.63) is 0 Å². The molecular formula is C17H34N4O2. The molecule has 1 heterocycles. The number of nitrogens with one attached hydrogen (secondary N) is 1. The van der Waals surface area contributed by atoms with Crippen molar-refractivity contribution in [2.24, 2.45) is 22.1 Å². The second kappa shape index (κ2) is 9.75. The standard InChI is InChI=1S/C17H34N4O2/c1-4-17(5-2,13-22)12-20-16(19-6-3)21-9-7-8-14(11-21)10-15(18)23/h14,22H,4-13H2,1-3H3,(H2,18,23)(H,19,20). The van der Waals surface area contributed by atoms with E-state index in [0.717, 1.165) is 51.3 Å². The van der Waals surface area contributed by atoms with Gasteiger partial charge in [-0.25, -0.2) is 0 Å². The van der Waals surface area contributed by atoms with Crippen LogP contribution in [0.5, 0.6) is 0 Å². The van der Waals surface area contributed by atoms with Crippen LogP contribution in [0.4, 0.5) is 0 Å². The fourth-order valence-electron chi connectivity index (χ4n) is 3.12. The number of aliphatic imine (C=N–C) groups is 1. The Hall–Kier alpha value is -1.30. The lowest BCUT2D eigenvalue weighted by molar-refractivity contribution is -0.119. The summed E-state index contributed by atoms with van der Waals surface area (Å²) in [4.78, 5) is 18.2. The average Bonchev–Trinajstić information content (AvgIpc) is 2.55. The Morgan fingerprint density at radius 1 is 1.39 bits per heavy atom. The first-order chi connectivity index (χ1) is 11.0. The van der Waals surface area contributed by atoms with Crippen LogP contribution in [0.15, 0.2) is 4.99 Å². The predicted octanol–water partition coefficient (Wildman–Crippen LogP) is 1.34. The molecule has 134 valence electrons. The fraction of sp³-hybridized carbons (Fsp3) is 0.882. The number of hydrogen-bond donors (Lipinski definition) is 3. The van der Waals surface area contributed by atoms with Gasteiger partial charge < -0.3 is 21.1 Å². The van der Waals surface area contributed by atoms with Crippen LogP contribution < -0.4 is 11.1 Å². The van der Waals surface area contributed by atoms with Crippen molar-refractivity contribution in [3.8, 4) is 0 Å². The topological polar surface area (TPSA) is 91.0 Å². The number of nitrogens with zero attached hydrogens (tertiary/aromatic N) is 2. The second-order valence-corrected chi connectivity index (χ2v) is 6.66. The van der Waals surface area contributed by atoms with E-state index >= 15 is 0 Å². The highest BCUT2D eigenvalue weighted by molar-refractivity contribution is 5.80. The van der Waals surface area contributed by atoms with E-state index in [0.29, 0.717) is 18.9 Å². The van der Waals surface area contributed by atoms with Crippen LogP contribution in [0.2, 0.25) is 0 Å². The molecule has 0 radical (unpaired) electrons. The lowest BCUT2D eigenvalue weighted by Gasteiger charge is -2.35. The van der Waals surface area contributed by atoms with Gasteiger partial charge in [0.05, 0.1) is 13.2 Å². The Balaban J connectivity index is 2.79. The molecule has 4 N–H and O–H groups in total. The molecule has 0 spiro atoms. The van der Waals surface area contributed by atoms with Crippen molar-refractivity contribution in [2.45, 2.75) is 52.9 Å². The summed E-state index contributed by atoms with van der Waals surface area (Å²) in [6.07, 6.45) is 4.36. The normalized spacial score (nSPS) is 19.7. The number of aliphatic hydroxyl groups excluding tert-OH is 1. The summed E-state index contributed by atoms with van der Waals surface area (Å²) in [5.74, 6) is 0.974. The number of primary amides is 1. The smallest absolute Gasteiger partial charge is 0.217 e. The van der Waals surface area contributed by atoms with E-state index in [4.69, 9.17) is 10.7 Å². The molecule has 0 aromatic carbocycles. The van der Waals surface area contributed by atoms with Crippen LogP contribution in [0.3, 0.4) is 0 Å². The number of carbonyl (C=O) groups is 1. The van der Waals surface area contributed by atoms with Crippen molar-refractivity contribution < 1.29 is 9.90 Å². The molecule has 0 aromatic rings. The maximum atomic E-state index is 11.2. The molecule has 6 nitrogen and oxygen atoms in total. The summed E-state index contributed by atoms with van der Waals surface area (Å²) < 4.78 is 0. The van der Waals surface area contributed by atoms with E-state index in [2.05, 4.69) is 31.0 Å². The maximum Gasteiger partial charge on any atom is 0.217 e. The van der Waals surface area contributed by atoms with Crippen LogP contribution in [0.1, 0.15) is 52.9 Å². The SMILES string of the molecule is CCNC(=NCC(CC)(CC)CO)N1CCCC(CC(N)=O)C1. The van der Waals surface area contributed by atoms with E-state index in [1.54, 1.807) is 0 Å². The van der Waals surface area contributed by atoms with E-state index in [-0.39, 0.29) is 17.9 Å². The molecule has 1 atom stereocenters. The number of likely N-dealkylation sites (tertiary alicyclic amines) is 1. The van der Waals surface area contributed by atoms with Crippen LogP contribution in [0.25, 0.3) is 0 Å². The Bertz CT molecular complexity index is 386. The van der Waals surface area contributed by atoms with Crippen LogP contribution in [-0.4, -0.2) is 54.7 Å². The van der Waals surface area contributed by atoms with E-state index in [1.165, 1.54) is 0 Å². The molecule has 0 bridgehead atoms.